The molecule has 1 aromatic carbocycles. The van der Waals surface area contributed by atoms with Gasteiger partial charge < -0.3 is 15.2 Å². The third kappa shape index (κ3) is 5.47. The number of aryl methyl sites for hydroxylation is 1. The van der Waals surface area contributed by atoms with Gasteiger partial charge in [-0.3, -0.25) is 4.99 Å². The van der Waals surface area contributed by atoms with Gasteiger partial charge >= 0.3 is 0 Å². The summed E-state index contributed by atoms with van der Waals surface area (Å²) in [5.41, 5.74) is 1.17. The molecular formula is C15H20ClN5. The van der Waals surface area contributed by atoms with Crippen LogP contribution < -0.4 is 10.6 Å². The van der Waals surface area contributed by atoms with Crippen molar-refractivity contribution in [1.29, 1.82) is 0 Å². The first-order valence-electron chi connectivity index (χ1n) is 6.92. The maximum Gasteiger partial charge on any atom is 0.191 e. The molecule has 0 fully saturated rings. The number of nitrogens with one attached hydrogen (secondary N) is 2. The number of hydrogen-bond acceptors (Lipinski definition) is 2. The van der Waals surface area contributed by atoms with Gasteiger partial charge in [0.15, 0.2) is 5.96 Å². The highest BCUT2D eigenvalue weighted by molar-refractivity contribution is 6.30. The predicted octanol–water partition coefficient (Wildman–Crippen LogP) is 2.29. The Labute approximate surface area is 130 Å². The first kappa shape index (κ1) is 15.4. The van der Waals surface area contributed by atoms with Gasteiger partial charge in [0.1, 0.15) is 0 Å². The van der Waals surface area contributed by atoms with Gasteiger partial charge in [-0.15, -0.1) is 0 Å². The second-order valence-corrected chi connectivity index (χ2v) is 5.07. The van der Waals surface area contributed by atoms with Crippen LogP contribution >= 0.6 is 11.6 Å². The second-order valence-electron chi connectivity index (χ2n) is 4.63. The maximum atomic E-state index is 5.87. The van der Waals surface area contributed by atoms with Crippen molar-refractivity contribution < 1.29 is 0 Å². The van der Waals surface area contributed by atoms with Gasteiger partial charge in [0, 0.05) is 44.1 Å². The lowest BCUT2D eigenvalue weighted by atomic mass is 10.2. The second kappa shape index (κ2) is 8.32. The Balaban J connectivity index is 1.67. The standard InChI is InChI=1S/C15H20ClN5/c1-17-15(19-7-2-9-21-10-8-18-12-21)20-11-13-3-5-14(16)6-4-13/h3-6,8,10,12H,2,7,9,11H2,1H3,(H2,17,19,20). The Morgan fingerprint density at radius 3 is 2.76 bits per heavy atom. The van der Waals surface area contributed by atoms with Crippen molar-refractivity contribution in [3.8, 4) is 0 Å². The molecule has 0 aliphatic heterocycles. The Hall–Kier alpha value is -2.01. The molecule has 2 rings (SSSR count). The minimum Gasteiger partial charge on any atom is -0.356 e. The average molecular weight is 306 g/mol. The molecule has 2 N–H and O–H groups in total. The number of halogens is 1. The number of nitrogens with zero attached hydrogens (tertiary/aromatic N) is 3. The molecule has 0 aliphatic rings. The lowest BCUT2D eigenvalue weighted by molar-refractivity contribution is 0.624. The molecule has 0 amide bonds. The van der Waals surface area contributed by atoms with Crippen LogP contribution in [-0.4, -0.2) is 29.1 Å². The molecule has 0 spiro atoms. The monoisotopic (exact) mass is 305 g/mol. The van der Waals surface area contributed by atoms with Gasteiger partial charge in [-0.25, -0.2) is 4.98 Å². The zero-order valence-corrected chi connectivity index (χ0v) is 12.8. The molecular weight excluding hydrogens is 286 g/mol. The topological polar surface area (TPSA) is 54.2 Å². The van der Waals surface area contributed by atoms with E-state index < -0.39 is 0 Å². The van der Waals surface area contributed by atoms with Crippen molar-refractivity contribution >= 4 is 17.6 Å². The van der Waals surface area contributed by atoms with Crippen LogP contribution in [0.1, 0.15) is 12.0 Å². The molecule has 0 aliphatic carbocycles. The van der Waals surface area contributed by atoms with E-state index in [1.807, 2.05) is 36.8 Å². The Kier molecular flexibility index (Phi) is 6.09. The summed E-state index contributed by atoms with van der Waals surface area (Å²) in [6.45, 7) is 2.53. The molecule has 0 atom stereocenters. The van der Waals surface area contributed by atoms with E-state index in [0.717, 1.165) is 37.0 Å². The molecule has 1 heterocycles. The van der Waals surface area contributed by atoms with Gasteiger partial charge in [-0.05, 0) is 24.1 Å². The van der Waals surface area contributed by atoms with E-state index >= 15 is 0 Å². The summed E-state index contributed by atoms with van der Waals surface area (Å²) in [7, 11) is 1.77. The number of benzene rings is 1. The quantitative estimate of drug-likeness (QED) is 0.489. The SMILES string of the molecule is CN=C(NCCCn1ccnc1)NCc1ccc(Cl)cc1. The maximum absolute atomic E-state index is 5.87. The molecule has 5 nitrogen and oxygen atoms in total. The lowest BCUT2D eigenvalue weighted by Crippen LogP contribution is -2.37. The Morgan fingerprint density at radius 1 is 1.29 bits per heavy atom. The summed E-state index contributed by atoms with van der Waals surface area (Å²) in [5, 5.41) is 7.32. The first-order chi connectivity index (χ1) is 10.3. The zero-order valence-electron chi connectivity index (χ0n) is 12.1. The third-order valence-corrected chi connectivity index (χ3v) is 3.29. The molecule has 2 aromatic rings. The summed E-state index contributed by atoms with van der Waals surface area (Å²) in [5.74, 6) is 0.801. The predicted molar refractivity (Wildman–Crippen MR) is 86.5 cm³/mol. The molecule has 0 bridgehead atoms. The Bertz CT molecular complexity index is 548. The van der Waals surface area contributed by atoms with Gasteiger partial charge in [-0.2, -0.15) is 0 Å². The van der Waals surface area contributed by atoms with Crippen LogP contribution in [0.25, 0.3) is 0 Å². The molecule has 112 valence electrons. The van der Waals surface area contributed by atoms with Crippen LogP contribution in [0.5, 0.6) is 0 Å². The van der Waals surface area contributed by atoms with Crippen molar-refractivity contribution in [2.45, 2.75) is 19.5 Å². The summed E-state index contributed by atoms with van der Waals surface area (Å²) in [6.07, 6.45) is 6.60. The van der Waals surface area contributed by atoms with Crippen LogP contribution in [0, 0.1) is 0 Å². The highest BCUT2D eigenvalue weighted by Crippen LogP contribution is 2.08. The minimum absolute atomic E-state index is 0.721. The normalized spacial score (nSPS) is 11.4. The van der Waals surface area contributed by atoms with E-state index in [2.05, 4.69) is 25.2 Å². The molecule has 21 heavy (non-hydrogen) atoms. The number of guanidine groups is 1. The number of imidazole rings is 1. The van der Waals surface area contributed by atoms with E-state index in [0.29, 0.717) is 0 Å². The fraction of sp³-hybridized carbons (Fsp3) is 0.333. The van der Waals surface area contributed by atoms with Crippen LogP contribution in [0.3, 0.4) is 0 Å². The minimum atomic E-state index is 0.721. The van der Waals surface area contributed by atoms with Crippen molar-refractivity contribution in [2.24, 2.45) is 4.99 Å². The van der Waals surface area contributed by atoms with Crippen molar-refractivity contribution in [3.05, 3.63) is 53.6 Å². The van der Waals surface area contributed by atoms with Crippen molar-refractivity contribution in [3.63, 3.8) is 0 Å². The van der Waals surface area contributed by atoms with Crippen molar-refractivity contribution in [2.75, 3.05) is 13.6 Å². The fourth-order valence-electron chi connectivity index (χ4n) is 1.90. The number of rotatable bonds is 6. The van der Waals surface area contributed by atoms with Crippen LogP contribution in [-0.2, 0) is 13.1 Å². The zero-order chi connectivity index (χ0) is 14.9. The van der Waals surface area contributed by atoms with Gasteiger partial charge in [-0.1, -0.05) is 23.7 Å². The van der Waals surface area contributed by atoms with Gasteiger partial charge in [0.2, 0.25) is 0 Å². The molecule has 0 saturated heterocycles. The number of hydrogen-bond donors (Lipinski definition) is 2. The Morgan fingerprint density at radius 2 is 2.10 bits per heavy atom. The van der Waals surface area contributed by atoms with E-state index in [-0.39, 0.29) is 0 Å². The van der Waals surface area contributed by atoms with Gasteiger partial charge in [0.05, 0.1) is 6.33 Å². The van der Waals surface area contributed by atoms with E-state index in [1.54, 1.807) is 13.2 Å². The molecule has 0 saturated carbocycles. The molecule has 0 unspecified atom stereocenters. The van der Waals surface area contributed by atoms with Crippen molar-refractivity contribution in [1.82, 2.24) is 20.2 Å². The largest absolute Gasteiger partial charge is 0.356 e. The highest BCUT2D eigenvalue weighted by Gasteiger charge is 1.98. The summed E-state index contributed by atoms with van der Waals surface area (Å²) in [4.78, 5) is 8.22. The van der Waals surface area contributed by atoms with Crippen LogP contribution in [0.2, 0.25) is 5.02 Å². The fourth-order valence-corrected chi connectivity index (χ4v) is 2.02. The summed E-state index contributed by atoms with van der Waals surface area (Å²) < 4.78 is 2.06. The number of aromatic nitrogens is 2. The summed E-state index contributed by atoms with van der Waals surface area (Å²) >= 11 is 5.87. The van der Waals surface area contributed by atoms with E-state index in [4.69, 9.17) is 11.6 Å². The molecule has 0 radical (unpaired) electrons. The number of aliphatic imine (C=N–C) groups is 1. The van der Waals surface area contributed by atoms with Crippen LogP contribution in [0.4, 0.5) is 0 Å². The third-order valence-electron chi connectivity index (χ3n) is 3.04. The molecule has 1 aromatic heterocycles. The van der Waals surface area contributed by atoms with E-state index in [1.165, 1.54) is 5.56 Å². The summed E-state index contributed by atoms with van der Waals surface area (Å²) in [6, 6.07) is 7.78. The average Bonchev–Trinajstić information content (AvgIpc) is 3.01. The van der Waals surface area contributed by atoms with E-state index in [9.17, 15) is 0 Å². The lowest BCUT2D eigenvalue weighted by Gasteiger charge is -2.12. The first-order valence-corrected chi connectivity index (χ1v) is 7.30. The highest BCUT2D eigenvalue weighted by atomic mass is 35.5. The molecule has 6 heteroatoms. The smallest absolute Gasteiger partial charge is 0.191 e. The van der Waals surface area contributed by atoms with Crippen LogP contribution in [0.15, 0.2) is 48.0 Å². The van der Waals surface area contributed by atoms with Gasteiger partial charge in [0.25, 0.3) is 0 Å².